The number of hydrogen-bond acceptors (Lipinski definition) is 14. The van der Waals surface area contributed by atoms with Crippen LogP contribution in [0.25, 0.3) is 0 Å². The van der Waals surface area contributed by atoms with Gasteiger partial charge >= 0.3 is 0 Å². The lowest BCUT2D eigenvalue weighted by Gasteiger charge is -2.22. The molecule has 0 aromatic heterocycles. The normalized spacial score (nSPS) is 13.7. The summed E-state index contributed by atoms with van der Waals surface area (Å²) in [5, 5.41) is 3.33. The minimum atomic E-state index is 0.368. The topological polar surface area (TPSA) is 140 Å². The minimum Gasteiger partial charge on any atom is -0.491 e. The highest BCUT2D eigenvalue weighted by Gasteiger charge is 2.12. The summed E-state index contributed by atoms with van der Waals surface area (Å²) in [6, 6.07) is 6.94. The number of rotatable bonds is 36. The Kier molecular flexibility index (Phi) is 29.7. The largest absolute Gasteiger partial charge is 0.491 e. The van der Waals surface area contributed by atoms with Crippen LogP contribution in [0.15, 0.2) is 24.3 Å². The van der Waals surface area contributed by atoms with Crippen molar-refractivity contribution in [2.24, 2.45) is 0 Å². The molecule has 1 aliphatic heterocycles. The zero-order chi connectivity index (χ0) is 33.8. The van der Waals surface area contributed by atoms with E-state index in [2.05, 4.69) is 5.32 Å². The molecular weight excluding hydrogens is 630 g/mol. The Balaban J connectivity index is 1.14. The summed E-state index contributed by atoms with van der Waals surface area (Å²) in [6.45, 7) is 13.4. The van der Waals surface area contributed by atoms with E-state index in [1.165, 1.54) is 0 Å². The Hall–Kier alpha value is -1.79. The number of hydrogen-bond donors (Lipinski definition) is 1. The molecule has 1 N–H and O–H groups in total. The van der Waals surface area contributed by atoms with E-state index in [4.69, 9.17) is 56.8 Å². The first-order chi connectivity index (χ1) is 23.9. The Morgan fingerprint density at radius 3 is 1.10 bits per heavy atom. The molecule has 0 atom stereocenters. The molecule has 1 aromatic rings. The standard InChI is InChI=1S/C34H59NO13/c36-31-32-1-3-33(4-2-32)47-29-27-45-25-23-43-21-19-41-17-15-39-13-11-37-9-10-38-12-14-40-16-18-42-20-22-44-24-26-46-28-30-48-34-5-7-35-8-6-34/h1-4,31,34-35H,5-30H2. The van der Waals surface area contributed by atoms with E-state index in [9.17, 15) is 4.79 Å². The zero-order valence-corrected chi connectivity index (χ0v) is 28.7. The van der Waals surface area contributed by atoms with Crippen LogP contribution in [0.5, 0.6) is 5.75 Å². The first-order valence-corrected chi connectivity index (χ1v) is 17.2. The molecular formula is C34H59NO13. The van der Waals surface area contributed by atoms with Crippen LogP contribution in [0, 0.1) is 0 Å². The molecule has 0 amide bonds. The highest BCUT2D eigenvalue weighted by atomic mass is 16.6. The lowest BCUT2D eigenvalue weighted by molar-refractivity contribution is -0.0324. The number of nitrogens with one attached hydrogen (secondary N) is 1. The van der Waals surface area contributed by atoms with Crippen molar-refractivity contribution in [3.05, 3.63) is 29.8 Å². The quantitative estimate of drug-likeness (QED) is 0.0809. The fraction of sp³-hybridized carbons (Fsp3) is 0.794. The second-order valence-corrected chi connectivity index (χ2v) is 10.5. The van der Waals surface area contributed by atoms with E-state index >= 15 is 0 Å². The van der Waals surface area contributed by atoms with Gasteiger partial charge in [0.2, 0.25) is 0 Å². The fourth-order valence-corrected chi connectivity index (χ4v) is 4.18. The van der Waals surface area contributed by atoms with Gasteiger partial charge in [0.15, 0.2) is 0 Å². The molecule has 1 aromatic carbocycles. The molecule has 48 heavy (non-hydrogen) atoms. The molecule has 0 unspecified atom stereocenters. The van der Waals surface area contributed by atoms with Crippen molar-refractivity contribution in [1.29, 1.82) is 0 Å². The van der Waals surface area contributed by atoms with Crippen molar-refractivity contribution in [1.82, 2.24) is 5.32 Å². The number of ether oxygens (including phenoxy) is 12. The van der Waals surface area contributed by atoms with E-state index in [1.54, 1.807) is 24.3 Å². The number of carbonyl (C=O) groups excluding carboxylic acids is 1. The Morgan fingerprint density at radius 1 is 0.458 bits per heavy atom. The molecule has 0 bridgehead atoms. The van der Waals surface area contributed by atoms with Crippen molar-refractivity contribution in [3.63, 3.8) is 0 Å². The second kappa shape index (κ2) is 33.7. The zero-order valence-electron chi connectivity index (χ0n) is 28.7. The number of piperidine rings is 1. The number of carbonyl (C=O) groups is 1. The summed E-state index contributed by atoms with van der Waals surface area (Å²) in [6.07, 6.45) is 3.32. The second-order valence-electron chi connectivity index (χ2n) is 10.5. The molecule has 0 saturated carbocycles. The summed E-state index contributed by atoms with van der Waals surface area (Å²) >= 11 is 0. The smallest absolute Gasteiger partial charge is 0.150 e. The van der Waals surface area contributed by atoms with Gasteiger partial charge in [0.1, 0.15) is 18.6 Å². The molecule has 1 fully saturated rings. The third-order valence-electron chi connectivity index (χ3n) is 6.73. The van der Waals surface area contributed by atoms with Crippen LogP contribution >= 0.6 is 0 Å². The Bertz CT molecular complexity index is 815. The molecule has 2 rings (SSSR count). The van der Waals surface area contributed by atoms with E-state index < -0.39 is 0 Å². The molecule has 0 spiro atoms. The molecule has 14 heteroatoms. The van der Waals surface area contributed by atoms with Gasteiger partial charge < -0.3 is 62.2 Å². The van der Waals surface area contributed by atoms with Crippen LogP contribution in [0.3, 0.4) is 0 Å². The molecule has 1 heterocycles. The maximum absolute atomic E-state index is 10.6. The maximum Gasteiger partial charge on any atom is 0.150 e. The average molecular weight is 690 g/mol. The summed E-state index contributed by atoms with van der Waals surface area (Å²) in [4.78, 5) is 10.6. The van der Waals surface area contributed by atoms with E-state index in [-0.39, 0.29) is 0 Å². The third-order valence-corrected chi connectivity index (χ3v) is 6.73. The van der Waals surface area contributed by atoms with Crippen molar-refractivity contribution < 1.29 is 61.6 Å². The van der Waals surface area contributed by atoms with Crippen LogP contribution in [-0.2, 0) is 52.1 Å². The Labute approximate surface area is 286 Å². The summed E-state index contributed by atoms with van der Waals surface area (Å²) in [5.41, 5.74) is 0.619. The van der Waals surface area contributed by atoms with Gasteiger partial charge in [-0.2, -0.15) is 0 Å². The van der Waals surface area contributed by atoms with E-state index in [1.807, 2.05) is 0 Å². The maximum atomic E-state index is 10.6. The summed E-state index contributed by atoms with van der Waals surface area (Å²) in [5.74, 6) is 0.705. The predicted molar refractivity (Wildman–Crippen MR) is 177 cm³/mol. The van der Waals surface area contributed by atoms with Crippen LogP contribution in [0.1, 0.15) is 23.2 Å². The molecule has 0 radical (unpaired) electrons. The minimum absolute atomic E-state index is 0.368. The highest BCUT2D eigenvalue weighted by Crippen LogP contribution is 2.10. The fourth-order valence-electron chi connectivity index (χ4n) is 4.18. The van der Waals surface area contributed by atoms with Crippen LogP contribution in [0.2, 0.25) is 0 Å². The monoisotopic (exact) mass is 689 g/mol. The molecule has 0 aliphatic carbocycles. The van der Waals surface area contributed by atoms with Crippen molar-refractivity contribution in [3.8, 4) is 5.75 Å². The van der Waals surface area contributed by atoms with Gasteiger partial charge in [0.25, 0.3) is 0 Å². The average Bonchev–Trinajstić information content (AvgIpc) is 3.12. The van der Waals surface area contributed by atoms with Crippen LogP contribution in [-0.4, -0.2) is 171 Å². The molecule has 1 saturated heterocycles. The van der Waals surface area contributed by atoms with Crippen molar-refractivity contribution >= 4 is 6.29 Å². The van der Waals surface area contributed by atoms with Crippen LogP contribution < -0.4 is 10.1 Å². The van der Waals surface area contributed by atoms with Gasteiger partial charge in [0, 0.05) is 5.56 Å². The number of aldehydes is 1. The van der Waals surface area contributed by atoms with Gasteiger partial charge in [-0.15, -0.1) is 0 Å². The van der Waals surface area contributed by atoms with Gasteiger partial charge in [-0.05, 0) is 50.2 Å². The van der Waals surface area contributed by atoms with Crippen molar-refractivity contribution in [2.75, 3.05) is 158 Å². The molecule has 1 aliphatic rings. The van der Waals surface area contributed by atoms with Crippen molar-refractivity contribution in [2.45, 2.75) is 18.9 Å². The first kappa shape index (κ1) is 42.4. The lowest BCUT2D eigenvalue weighted by Crippen LogP contribution is -2.33. The van der Waals surface area contributed by atoms with Gasteiger partial charge in [-0.25, -0.2) is 0 Å². The van der Waals surface area contributed by atoms with Crippen LogP contribution in [0.4, 0.5) is 0 Å². The van der Waals surface area contributed by atoms with E-state index in [0.29, 0.717) is 163 Å². The van der Waals surface area contributed by atoms with Gasteiger partial charge in [-0.1, -0.05) is 0 Å². The highest BCUT2D eigenvalue weighted by molar-refractivity contribution is 5.74. The number of benzene rings is 1. The first-order valence-electron chi connectivity index (χ1n) is 17.2. The molecule has 14 nitrogen and oxygen atoms in total. The molecule has 278 valence electrons. The van der Waals surface area contributed by atoms with E-state index in [0.717, 1.165) is 32.2 Å². The lowest BCUT2D eigenvalue weighted by atomic mass is 10.1. The Morgan fingerprint density at radius 2 is 0.771 bits per heavy atom. The summed E-state index contributed by atoms with van der Waals surface area (Å²) in [7, 11) is 0. The summed E-state index contributed by atoms with van der Waals surface area (Å²) < 4.78 is 66.2. The SMILES string of the molecule is O=Cc1ccc(OCCOCCOCCOCCOCCOCCOCCOCCOCCOCCOCCOC2CCNCC2)cc1. The predicted octanol–water partition coefficient (Wildman–Crippen LogP) is 1.81. The third kappa shape index (κ3) is 27.1. The van der Waals surface area contributed by atoms with Gasteiger partial charge in [-0.3, -0.25) is 4.79 Å². The van der Waals surface area contributed by atoms with Gasteiger partial charge in [0.05, 0.1) is 145 Å².